The Balaban J connectivity index is 2.94. The van der Waals surface area contributed by atoms with E-state index in [0.717, 1.165) is 0 Å². The lowest BCUT2D eigenvalue weighted by atomic mass is 10.0. The molecular formula is C23H36N2O5. The zero-order valence-corrected chi connectivity index (χ0v) is 19.4. The Morgan fingerprint density at radius 2 is 1.53 bits per heavy atom. The van der Waals surface area contributed by atoms with E-state index in [1.807, 2.05) is 48.5 Å². The summed E-state index contributed by atoms with van der Waals surface area (Å²) >= 11 is 0. The summed E-state index contributed by atoms with van der Waals surface area (Å²) in [5, 5.41) is 2.73. The summed E-state index contributed by atoms with van der Waals surface area (Å²) in [6.45, 7) is 15.1. The largest absolute Gasteiger partial charge is 0.493 e. The molecule has 7 nitrogen and oxygen atoms in total. The van der Waals surface area contributed by atoms with E-state index >= 15 is 0 Å². The van der Waals surface area contributed by atoms with Gasteiger partial charge < -0.3 is 19.7 Å². The lowest BCUT2D eigenvalue weighted by molar-refractivity contribution is -0.163. The predicted molar refractivity (Wildman–Crippen MR) is 116 cm³/mol. The highest BCUT2D eigenvalue weighted by Gasteiger charge is 2.32. The first-order valence-corrected chi connectivity index (χ1v) is 10.6. The lowest BCUT2D eigenvalue weighted by Gasteiger charge is -2.33. The first-order chi connectivity index (χ1) is 14.0. The van der Waals surface area contributed by atoms with Crippen LogP contribution in [0.5, 0.6) is 5.75 Å². The van der Waals surface area contributed by atoms with Crippen LogP contribution in [0.25, 0.3) is 0 Å². The molecular weight excluding hydrogens is 384 g/mol. The SMILES string of the molecule is CCOc1ccccc1C(=O)N[C@H](C(=O)OC(C)C(=O)N(C(C)C)C(C)C)C(C)C. The van der Waals surface area contributed by atoms with Crippen LogP contribution in [0.15, 0.2) is 24.3 Å². The van der Waals surface area contributed by atoms with Crippen molar-refractivity contribution < 1.29 is 23.9 Å². The number of hydrogen-bond acceptors (Lipinski definition) is 5. The van der Waals surface area contributed by atoms with Crippen molar-refractivity contribution in [2.45, 2.75) is 79.6 Å². The van der Waals surface area contributed by atoms with Crippen molar-refractivity contribution in [3.8, 4) is 5.75 Å². The van der Waals surface area contributed by atoms with Crippen LogP contribution >= 0.6 is 0 Å². The molecule has 1 aromatic rings. The smallest absolute Gasteiger partial charge is 0.329 e. The Labute approximate surface area is 180 Å². The van der Waals surface area contributed by atoms with Gasteiger partial charge in [0.2, 0.25) is 0 Å². The number of hydrogen-bond donors (Lipinski definition) is 1. The lowest BCUT2D eigenvalue weighted by Crippen LogP contribution is -2.50. The number of carbonyl (C=O) groups excluding carboxylic acids is 3. The van der Waals surface area contributed by atoms with Gasteiger partial charge in [-0.3, -0.25) is 9.59 Å². The van der Waals surface area contributed by atoms with Gasteiger partial charge in [0.15, 0.2) is 6.10 Å². The number of ether oxygens (including phenoxy) is 2. The van der Waals surface area contributed by atoms with Crippen molar-refractivity contribution in [1.29, 1.82) is 0 Å². The van der Waals surface area contributed by atoms with E-state index in [1.165, 1.54) is 0 Å². The van der Waals surface area contributed by atoms with Crippen LogP contribution in [0.1, 0.15) is 65.7 Å². The molecule has 0 heterocycles. The zero-order chi connectivity index (χ0) is 23.0. The Morgan fingerprint density at radius 3 is 2.03 bits per heavy atom. The highest BCUT2D eigenvalue weighted by Crippen LogP contribution is 2.19. The molecule has 7 heteroatoms. The van der Waals surface area contributed by atoms with E-state index in [1.54, 1.807) is 36.1 Å². The van der Waals surface area contributed by atoms with Crippen molar-refractivity contribution in [3.05, 3.63) is 29.8 Å². The average Bonchev–Trinajstić information content (AvgIpc) is 2.65. The molecule has 0 aromatic heterocycles. The monoisotopic (exact) mass is 420 g/mol. The summed E-state index contributed by atoms with van der Waals surface area (Å²) in [7, 11) is 0. The second-order valence-electron chi connectivity index (χ2n) is 8.14. The fourth-order valence-electron chi connectivity index (χ4n) is 3.27. The van der Waals surface area contributed by atoms with Gasteiger partial charge in [0, 0.05) is 12.1 Å². The summed E-state index contributed by atoms with van der Waals surface area (Å²) in [5.74, 6) is -1.11. The maximum atomic E-state index is 12.8. The van der Waals surface area contributed by atoms with Crippen molar-refractivity contribution >= 4 is 17.8 Å². The van der Waals surface area contributed by atoms with Gasteiger partial charge in [-0.2, -0.15) is 0 Å². The van der Waals surface area contributed by atoms with E-state index in [4.69, 9.17) is 9.47 Å². The minimum absolute atomic E-state index is 0.0192. The first-order valence-electron chi connectivity index (χ1n) is 10.6. The van der Waals surface area contributed by atoms with Gasteiger partial charge >= 0.3 is 5.97 Å². The number of amides is 2. The van der Waals surface area contributed by atoms with Gasteiger partial charge in [-0.15, -0.1) is 0 Å². The van der Waals surface area contributed by atoms with E-state index in [-0.39, 0.29) is 23.9 Å². The highest BCUT2D eigenvalue weighted by atomic mass is 16.5. The second-order valence-corrected chi connectivity index (χ2v) is 8.14. The Kier molecular flexibility index (Phi) is 9.82. The van der Waals surface area contributed by atoms with Crippen LogP contribution in [0.2, 0.25) is 0 Å². The molecule has 1 unspecified atom stereocenters. The maximum absolute atomic E-state index is 12.8. The van der Waals surface area contributed by atoms with Gasteiger partial charge in [0.25, 0.3) is 11.8 Å². The average molecular weight is 421 g/mol. The number of nitrogens with one attached hydrogen (secondary N) is 1. The van der Waals surface area contributed by atoms with Gasteiger partial charge in [-0.1, -0.05) is 26.0 Å². The Bertz CT molecular complexity index is 722. The molecule has 0 aliphatic heterocycles. The molecule has 2 atom stereocenters. The molecule has 0 saturated heterocycles. The fourth-order valence-corrected chi connectivity index (χ4v) is 3.27. The van der Waals surface area contributed by atoms with Gasteiger partial charge in [0.1, 0.15) is 11.8 Å². The quantitative estimate of drug-likeness (QED) is 0.586. The maximum Gasteiger partial charge on any atom is 0.329 e. The number of carbonyl (C=O) groups is 3. The minimum Gasteiger partial charge on any atom is -0.493 e. The zero-order valence-electron chi connectivity index (χ0n) is 19.4. The van der Waals surface area contributed by atoms with Crippen LogP contribution in [0.4, 0.5) is 0 Å². The minimum atomic E-state index is -0.948. The van der Waals surface area contributed by atoms with Crippen LogP contribution in [-0.2, 0) is 14.3 Å². The summed E-state index contributed by atoms with van der Waals surface area (Å²) in [6.07, 6.45) is -0.948. The van der Waals surface area contributed by atoms with E-state index in [9.17, 15) is 14.4 Å². The molecule has 1 aromatic carbocycles. The topological polar surface area (TPSA) is 84.9 Å². The Morgan fingerprint density at radius 1 is 0.967 bits per heavy atom. The third-order valence-corrected chi connectivity index (χ3v) is 4.65. The van der Waals surface area contributed by atoms with E-state index in [2.05, 4.69) is 5.32 Å². The van der Waals surface area contributed by atoms with Crippen LogP contribution in [0.3, 0.4) is 0 Å². The van der Waals surface area contributed by atoms with Crippen LogP contribution < -0.4 is 10.1 Å². The number of rotatable bonds is 10. The third-order valence-electron chi connectivity index (χ3n) is 4.65. The molecule has 1 rings (SSSR count). The number of para-hydroxylation sites is 1. The summed E-state index contributed by atoms with van der Waals surface area (Å²) in [4.78, 5) is 40.0. The van der Waals surface area contributed by atoms with Crippen LogP contribution in [0, 0.1) is 5.92 Å². The first kappa shape index (κ1) is 25.5. The van der Waals surface area contributed by atoms with Crippen molar-refractivity contribution in [3.63, 3.8) is 0 Å². The fraction of sp³-hybridized carbons (Fsp3) is 0.609. The molecule has 0 radical (unpaired) electrons. The molecule has 0 fully saturated rings. The van der Waals surface area contributed by atoms with Crippen LogP contribution in [-0.4, -0.2) is 53.5 Å². The van der Waals surface area contributed by atoms with E-state index < -0.39 is 24.0 Å². The molecule has 168 valence electrons. The molecule has 0 spiro atoms. The number of nitrogens with zero attached hydrogens (tertiary/aromatic N) is 1. The van der Waals surface area contributed by atoms with Gasteiger partial charge in [0.05, 0.1) is 12.2 Å². The summed E-state index contributed by atoms with van der Waals surface area (Å²) in [6, 6.07) is 5.91. The van der Waals surface area contributed by atoms with Crippen molar-refractivity contribution in [2.75, 3.05) is 6.61 Å². The Hall–Kier alpha value is -2.57. The molecule has 0 aliphatic rings. The highest BCUT2D eigenvalue weighted by molar-refractivity contribution is 5.99. The molecule has 1 N–H and O–H groups in total. The van der Waals surface area contributed by atoms with Crippen molar-refractivity contribution in [1.82, 2.24) is 10.2 Å². The van der Waals surface area contributed by atoms with E-state index in [0.29, 0.717) is 17.9 Å². The number of esters is 1. The molecule has 0 aliphatic carbocycles. The standard InChI is InChI=1S/C23H36N2O5/c1-9-29-19-13-11-10-12-18(19)21(26)24-20(14(2)3)23(28)30-17(8)22(27)25(15(4)5)16(6)7/h10-17,20H,9H2,1-8H3,(H,24,26)/t17?,20-/m0/s1. The molecule has 2 amide bonds. The second kappa shape index (κ2) is 11.6. The van der Waals surface area contributed by atoms with Gasteiger partial charge in [-0.05, 0) is 59.6 Å². The summed E-state index contributed by atoms with van der Waals surface area (Å²) in [5.41, 5.74) is 0.340. The predicted octanol–water partition coefficient (Wildman–Crippen LogP) is 3.42. The number of benzene rings is 1. The van der Waals surface area contributed by atoms with Gasteiger partial charge in [-0.25, -0.2) is 4.79 Å². The summed E-state index contributed by atoms with van der Waals surface area (Å²) < 4.78 is 11.0. The molecule has 0 bridgehead atoms. The molecule has 30 heavy (non-hydrogen) atoms. The van der Waals surface area contributed by atoms with Crippen molar-refractivity contribution in [2.24, 2.45) is 5.92 Å². The molecule has 0 saturated carbocycles. The third kappa shape index (κ3) is 6.75. The normalized spacial score (nSPS) is 13.2.